The molecule has 4 aliphatic carbocycles. The van der Waals surface area contributed by atoms with Gasteiger partial charge in [0, 0.05) is 11.0 Å². The summed E-state index contributed by atoms with van der Waals surface area (Å²) < 4.78 is 1.78. The molecule has 4 bridgehead atoms. The summed E-state index contributed by atoms with van der Waals surface area (Å²) in [6.07, 6.45) is 9.02. The van der Waals surface area contributed by atoms with Gasteiger partial charge in [-0.1, -0.05) is 20.8 Å². The van der Waals surface area contributed by atoms with Gasteiger partial charge < -0.3 is 10.4 Å². The third kappa shape index (κ3) is 3.56. The van der Waals surface area contributed by atoms with Crippen LogP contribution in [0.15, 0.2) is 30.5 Å². The number of nitrogens with zero attached hydrogens (tertiary/aromatic N) is 2. The highest BCUT2D eigenvalue weighted by atomic mass is 16.4. The second-order valence-corrected chi connectivity index (χ2v) is 11.1. The average molecular weight is 422 g/mol. The van der Waals surface area contributed by atoms with Crippen LogP contribution in [0.5, 0.6) is 0 Å². The molecule has 1 aromatic heterocycles. The Balaban J connectivity index is 1.47. The molecule has 1 heterocycles. The molecule has 6 rings (SSSR count). The zero-order valence-corrected chi connectivity index (χ0v) is 18.5. The van der Waals surface area contributed by atoms with Crippen molar-refractivity contribution in [1.82, 2.24) is 15.1 Å². The molecule has 6 heteroatoms. The Kier molecular flexibility index (Phi) is 4.54. The van der Waals surface area contributed by atoms with Crippen LogP contribution in [0.2, 0.25) is 0 Å². The fourth-order valence-corrected chi connectivity index (χ4v) is 6.75. The van der Waals surface area contributed by atoms with Crippen LogP contribution in [0.1, 0.15) is 85.7 Å². The maximum Gasteiger partial charge on any atom is 0.335 e. The first kappa shape index (κ1) is 20.3. The molecule has 2 aromatic rings. The van der Waals surface area contributed by atoms with Gasteiger partial charge in [-0.15, -0.1) is 0 Å². The topological polar surface area (TPSA) is 84.2 Å². The Morgan fingerprint density at radius 2 is 1.58 bits per heavy atom. The first-order valence-corrected chi connectivity index (χ1v) is 11.4. The van der Waals surface area contributed by atoms with Gasteiger partial charge in [-0.3, -0.25) is 4.79 Å². The Bertz CT molecular complexity index is 994. The molecular formula is C25H31N3O3. The Morgan fingerprint density at radius 1 is 1.03 bits per heavy atom. The van der Waals surface area contributed by atoms with Gasteiger partial charge in [0.15, 0.2) is 0 Å². The van der Waals surface area contributed by atoms with E-state index < -0.39 is 5.97 Å². The molecular weight excluding hydrogens is 390 g/mol. The van der Waals surface area contributed by atoms with E-state index in [0.717, 1.165) is 48.4 Å². The SMILES string of the molecule is CC(C)(C)c1c(C(=O)NC23CC4CC(CC(C4)C2)C3)cnn1-c1ccc(C(=O)O)cc1. The van der Waals surface area contributed by atoms with Gasteiger partial charge in [0.05, 0.1) is 28.7 Å². The zero-order chi connectivity index (χ0) is 22.0. The third-order valence-corrected chi connectivity index (χ3v) is 7.50. The van der Waals surface area contributed by atoms with Gasteiger partial charge in [-0.25, -0.2) is 9.48 Å². The van der Waals surface area contributed by atoms with Crippen LogP contribution < -0.4 is 5.32 Å². The van der Waals surface area contributed by atoms with Crippen LogP contribution in [0, 0.1) is 17.8 Å². The third-order valence-electron chi connectivity index (χ3n) is 7.50. The van der Waals surface area contributed by atoms with Crippen molar-refractivity contribution in [3.8, 4) is 5.69 Å². The summed E-state index contributed by atoms with van der Waals surface area (Å²) in [4.78, 5) is 24.7. The van der Waals surface area contributed by atoms with E-state index in [2.05, 4.69) is 31.2 Å². The number of aromatic nitrogens is 2. The number of aromatic carboxylic acids is 1. The lowest BCUT2D eigenvalue weighted by atomic mass is 9.53. The quantitative estimate of drug-likeness (QED) is 0.758. The lowest BCUT2D eigenvalue weighted by Crippen LogP contribution is -2.59. The molecule has 2 N–H and O–H groups in total. The molecule has 0 atom stereocenters. The van der Waals surface area contributed by atoms with Crippen LogP contribution >= 0.6 is 0 Å². The van der Waals surface area contributed by atoms with E-state index in [1.165, 1.54) is 19.3 Å². The summed E-state index contributed by atoms with van der Waals surface area (Å²) in [5, 5.41) is 17.2. The Morgan fingerprint density at radius 3 is 2.06 bits per heavy atom. The highest BCUT2D eigenvalue weighted by Crippen LogP contribution is 2.55. The van der Waals surface area contributed by atoms with Crippen molar-refractivity contribution in [2.45, 2.75) is 70.3 Å². The molecule has 0 aliphatic heterocycles. The van der Waals surface area contributed by atoms with E-state index in [1.54, 1.807) is 35.1 Å². The molecule has 164 valence electrons. The van der Waals surface area contributed by atoms with E-state index in [1.807, 2.05) is 0 Å². The van der Waals surface area contributed by atoms with E-state index in [4.69, 9.17) is 0 Å². The number of nitrogens with one attached hydrogen (secondary N) is 1. The number of amides is 1. The van der Waals surface area contributed by atoms with Crippen LogP contribution in [0.25, 0.3) is 5.69 Å². The number of carbonyl (C=O) groups is 2. The smallest absolute Gasteiger partial charge is 0.335 e. The number of rotatable bonds is 4. The summed E-state index contributed by atoms with van der Waals surface area (Å²) in [5.41, 5.74) is 2.09. The maximum atomic E-state index is 13.5. The average Bonchev–Trinajstić information content (AvgIpc) is 3.12. The molecule has 4 fully saturated rings. The van der Waals surface area contributed by atoms with Crippen molar-refractivity contribution in [3.63, 3.8) is 0 Å². The fourth-order valence-electron chi connectivity index (χ4n) is 6.75. The van der Waals surface area contributed by atoms with Gasteiger partial charge in [0.2, 0.25) is 0 Å². The van der Waals surface area contributed by atoms with Gasteiger partial charge in [-0.2, -0.15) is 5.10 Å². The van der Waals surface area contributed by atoms with Gasteiger partial charge in [0.25, 0.3) is 5.91 Å². The van der Waals surface area contributed by atoms with Gasteiger partial charge >= 0.3 is 5.97 Å². The minimum Gasteiger partial charge on any atom is -0.478 e. The van der Waals surface area contributed by atoms with E-state index in [9.17, 15) is 14.7 Å². The predicted octanol–water partition coefficient (Wildman–Crippen LogP) is 4.57. The van der Waals surface area contributed by atoms with E-state index in [-0.39, 0.29) is 22.4 Å². The van der Waals surface area contributed by atoms with Crippen molar-refractivity contribution in [3.05, 3.63) is 47.3 Å². The molecule has 6 nitrogen and oxygen atoms in total. The lowest BCUT2D eigenvalue weighted by molar-refractivity contribution is -0.0167. The molecule has 0 spiro atoms. The normalized spacial score (nSPS) is 29.2. The highest BCUT2D eigenvalue weighted by Gasteiger charge is 2.51. The van der Waals surface area contributed by atoms with Crippen LogP contribution in [-0.4, -0.2) is 32.3 Å². The van der Waals surface area contributed by atoms with Crippen molar-refractivity contribution in [2.24, 2.45) is 17.8 Å². The van der Waals surface area contributed by atoms with Crippen LogP contribution in [-0.2, 0) is 5.41 Å². The second kappa shape index (κ2) is 6.94. The van der Waals surface area contributed by atoms with E-state index in [0.29, 0.717) is 5.56 Å². The summed E-state index contributed by atoms with van der Waals surface area (Å²) in [6.45, 7) is 6.23. The molecule has 4 saturated carbocycles. The highest BCUT2D eigenvalue weighted by molar-refractivity contribution is 5.96. The summed E-state index contributed by atoms with van der Waals surface area (Å²) >= 11 is 0. The number of carbonyl (C=O) groups excluding carboxylic acids is 1. The molecule has 1 aromatic carbocycles. The molecule has 0 saturated heterocycles. The first-order chi connectivity index (χ1) is 14.6. The van der Waals surface area contributed by atoms with Crippen molar-refractivity contribution < 1.29 is 14.7 Å². The maximum absolute atomic E-state index is 13.5. The van der Waals surface area contributed by atoms with Crippen molar-refractivity contribution in [2.75, 3.05) is 0 Å². The van der Waals surface area contributed by atoms with E-state index >= 15 is 0 Å². The number of carboxylic acid groups (broad SMARTS) is 1. The summed E-state index contributed by atoms with van der Waals surface area (Å²) in [6, 6.07) is 6.63. The van der Waals surface area contributed by atoms with Crippen molar-refractivity contribution in [1.29, 1.82) is 0 Å². The van der Waals surface area contributed by atoms with Crippen molar-refractivity contribution >= 4 is 11.9 Å². The molecule has 0 unspecified atom stereocenters. The first-order valence-electron chi connectivity index (χ1n) is 11.4. The monoisotopic (exact) mass is 421 g/mol. The van der Waals surface area contributed by atoms with Crippen LogP contribution in [0.4, 0.5) is 0 Å². The predicted molar refractivity (Wildman–Crippen MR) is 118 cm³/mol. The molecule has 4 aliphatic rings. The lowest BCUT2D eigenvalue weighted by Gasteiger charge is -2.56. The number of hydrogen-bond donors (Lipinski definition) is 2. The fraction of sp³-hybridized carbons (Fsp3) is 0.560. The van der Waals surface area contributed by atoms with Crippen LogP contribution in [0.3, 0.4) is 0 Å². The Hall–Kier alpha value is -2.63. The number of benzene rings is 1. The Labute approximate surface area is 183 Å². The minimum atomic E-state index is -0.960. The van der Waals surface area contributed by atoms with Gasteiger partial charge in [0.1, 0.15) is 0 Å². The molecule has 0 radical (unpaired) electrons. The standard InChI is InChI=1S/C25H31N3O3/c1-24(2,3)21-20(14-26-28(21)19-6-4-18(5-7-19)23(30)31)22(29)27-25-11-15-8-16(12-25)10-17(9-15)13-25/h4-7,14-17H,8-13H2,1-3H3,(H,27,29)(H,30,31). The minimum absolute atomic E-state index is 0.0275. The van der Waals surface area contributed by atoms with Gasteiger partial charge in [-0.05, 0) is 80.5 Å². The molecule has 31 heavy (non-hydrogen) atoms. The largest absolute Gasteiger partial charge is 0.478 e. The zero-order valence-electron chi connectivity index (χ0n) is 18.5. The number of hydrogen-bond acceptors (Lipinski definition) is 3. The second-order valence-electron chi connectivity index (χ2n) is 11.1. The summed E-state index contributed by atoms with van der Waals surface area (Å²) in [5.74, 6) is 1.32. The molecule has 1 amide bonds. The summed E-state index contributed by atoms with van der Waals surface area (Å²) in [7, 11) is 0. The number of carboxylic acids is 1.